The maximum Gasteiger partial charge on any atom is 0.407 e. The van der Waals surface area contributed by atoms with Gasteiger partial charge in [0.05, 0.1) is 60.5 Å². The SMILES string of the molecule is COC(=O)CC(C[N+](C)(CCCc1ccc(OC)cc1)CCCc1ccc(OC)cc1)NC(=O)OCc1ccccc1. The van der Waals surface area contributed by atoms with Gasteiger partial charge in [-0.05, 0) is 53.8 Å². The highest BCUT2D eigenvalue weighted by molar-refractivity contribution is 5.72. The normalized spacial score (nSPS) is 11.8. The van der Waals surface area contributed by atoms with Crippen molar-refractivity contribution in [3.8, 4) is 11.5 Å². The van der Waals surface area contributed by atoms with Crippen molar-refractivity contribution in [2.24, 2.45) is 0 Å². The highest BCUT2D eigenvalue weighted by Crippen LogP contribution is 2.18. The summed E-state index contributed by atoms with van der Waals surface area (Å²) in [5.74, 6) is 1.31. The molecule has 1 amide bonds. The van der Waals surface area contributed by atoms with Gasteiger partial charge >= 0.3 is 12.1 Å². The molecule has 3 aromatic carbocycles. The number of ether oxygens (including phenoxy) is 4. The summed E-state index contributed by atoms with van der Waals surface area (Å²) in [5.41, 5.74) is 3.39. The van der Waals surface area contributed by atoms with E-state index in [1.807, 2.05) is 54.6 Å². The zero-order valence-electron chi connectivity index (χ0n) is 25.3. The first-order valence-electron chi connectivity index (χ1n) is 14.5. The Morgan fingerprint density at radius 3 is 1.74 bits per heavy atom. The molecule has 1 unspecified atom stereocenters. The van der Waals surface area contributed by atoms with Crippen molar-refractivity contribution in [1.29, 1.82) is 0 Å². The molecule has 0 aliphatic carbocycles. The van der Waals surface area contributed by atoms with Crippen LogP contribution in [-0.2, 0) is 33.7 Å². The predicted molar refractivity (Wildman–Crippen MR) is 164 cm³/mol. The first-order valence-corrected chi connectivity index (χ1v) is 14.5. The molecular formula is C34H45N2O6+. The fourth-order valence-corrected chi connectivity index (χ4v) is 5.12. The molecule has 0 aliphatic rings. The molecule has 3 aromatic rings. The van der Waals surface area contributed by atoms with Gasteiger partial charge in [0.15, 0.2) is 0 Å². The number of hydrogen-bond acceptors (Lipinski definition) is 6. The zero-order valence-corrected chi connectivity index (χ0v) is 25.3. The summed E-state index contributed by atoms with van der Waals surface area (Å²) in [7, 11) is 6.90. The third-order valence-corrected chi connectivity index (χ3v) is 7.48. The lowest BCUT2D eigenvalue weighted by Gasteiger charge is -2.37. The van der Waals surface area contributed by atoms with Crippen molar-refractivity contribution in [3.05, 3.63) is 95.6 Å². The first-order chi connectivity index (χ1) is 20.3. The number of quaternary nitrogens is 1. The molecular weight excluding hydrogens is 532 g/mol. The summed E-state index contributed by atoms with van der Waals surface area (Å²) < 4.78 is 21.7. The van der Waals surface area contributed by atoms with Crippen LogP contribution in [-0.4, -0.2) is 70.6 Å². The predicted octanol–water partition coefficient (Wildman–Crippen LogP) is 5.57. The summed E-state index contributed by atoms with van der Waals surface area (Å²) >= 11 is 0. The summed E-state index contributed by atoms with van der Waals surface area (Å²) in [4.78, 5) is 25.1. The van der Waals surface area contributed by atoms with Gasteiger partial charge in [-0.25, -0.2) is 4.79 Å². The van der Waals surface area contributed by atoms with Crippen molar-refractivity contribution in [2.75, 3.05) is 48.0 Å². The molecule has 1 N–H and O–H groups in total. The fraction of sp³-hybridized carbons (Fsp3) is 0.412. The number of nitrogens with one attached hydrogen (secondary N) is 1. The van der Waals surface area contributed by atoms with E-state index in [4.69, 9.17) is 18.9 Å². The van der Waals surface area contributed by atoms with Crippen molar-refractivity contribution < 1.29 is 33.0 Å². The van der Waals surface area contributed by atoms with E-state index in [0.29, 0.717) is 11.0 Å². The number of rotatable bonds is 17. The Labute approximate surface area is 250 Å². The van der Waals surface area contributed by atoms with Crippen LogP contribution in [0, 0.1) is 0 Å². The van der Waals surface area contributed by atoms with Gasteiger partial charge in [0.25, 0.3) is 0 Å². The Bertz CT molecular complexity index is 1160. The molecule has 226 valence electrons. The van der Waals surface area contributed by atoms with Crippen molar-refractivity contribution >= 4 is 12.1 Å². The second-order valence-electron chi connectivity index (χ2n) is 10.8. The molecule has 0 bridgehead atoms. The molecule has 8 heteroatoms. The summed E-state index contributed by atoms with van der Waals surface area (Å²) in [5, 5.41) is 2.94. The number of hydrogen-bond donors (Lipinski definition) is 1. The number of carbonyl (C=O) groups excluding carboxylic acids is 2. The number of aryl methyl sites for hydroxylation is 2. The van der Waals surface area contributed by atoms with Crippen LogP contribution in [0.1, 0.15) is 36.0 Å². The molecule has 0 radical (unpaired) electrons. The van der Waals surface area contributed by atoms with Gasteiger partial charge in [-0.3, -0.25) is 4.79 Å². The highest BCUT2D eigenvalue weighted by atomic mass is 16.5. The summed E-state index contributed by atoms with van der Waals surface area (Å²) in [6, 6.07) is 25.4. The number of esters is 1. The largest absolute Gasteiger partial charge is 0.497 e. The molecule has 0 heterocycles. The van der Waals surface area contributed by atoms with Crippen molar-refractivity contribution in [1.82, 2.24) is 5.32 Å². The molecule has 0 saturated heterocycles. The molecule has 42 heavy (non-hydrogen) atoms. The van der Waals surface area contributed by atoms with E-state index >= 15 is 0 Å². The van der Waals surface area contributed by atoms with Crippen LogP contribution in [0.3, 0.4) is 0 Å². The van der Waals surface area contributed by atoms with Crippen LogP contribution in [0.4, 0.5) is 4.79 Å². The van der Waals surface area contributed by atoms with E-state index in [2.05, 4.69) is 36.6 Å². The minimum absolute atomic E-state index is 0.0712. The molecule has 0 aliphatic heterocycles. The van der Waals surface area contributed by atoms with E-state index in [-0.39, 0.29) is 19.0 Å². The van der Waals surface area contributed by atoms with Crippen LogP contribution in [0.25, 0.3) is 0 Å². The van der Waals surface area contributed by atoms with Gasteiger partial charge in [-0.15, -0.1) is 0 Å². The van der Waals surface area contributed by atoms with E-state index < -0.39 is 12.1 Å². The first kappa shape index (κ1) is 32.5. The molecule has 0 spiro atoms. The van der Waals surface area contributed by atoms with Crippen molar-refractivity contribution in [2.45, 2.75) is 44.8 Å². The Kier molecular flexibility index (Phi) is 13.2. The molecule has 8 nitrogen and oxygen atoms in total. The van der Waals surface area contributed by atoms with Crippen LogP contribution in [0.5, 0.6) is 11.5 Å². The zero-order chi connectivity index (χ0) is 30.2. The molecule has 0 saturated carbocycles. The van der Waals surface area contributed by atoms with E-state index in [9.17, 15) is 9.59 Å². The molecule has 0 aromatic heterocycles. The monoisotopic (exact) mass is 577 g/mol. The third kappa shape index (κ3) is 11.4. The maximum atomic E-state index is 12.8. The Morgan fingerprint density at radius 1 is 0.738 bits per heavy atom. The molecule has 0 fully saturated rings. The van der Waals surface area contributed by atoms with Crippen LogP contribution < -0.4 is 14.8 Å². The van der Waals surface area contributed by atoms with Crippen LogP contribution in [0.2, 0.25) is 0 Å². The average molecular weight is 578 g/mol. The third-order valence-electron chi connectivity index (χ3n) is 7.48. The van der Waals surface area contributed by atoms with E-state index in [1.54, 1.807) is 14.2 Å². The number of amides is 1. The Hall–Kier alpha value is -4.04. The minimum Gasteiger partial charge on any atom is -0.497 e. The Balaban J connectivity index is 1.67. The quantitative estimate of drug-likeness (QED) is 0.167. The summed E-state index contributed by atoms with van der Waals surface area (Å²) in [6.45, 7) is 2.49. The van der Waals surface area contributed by atoms with Gasteiger partial charge in [0.2, 0.25) is 0 Å². The second-order valence-corrected chi connectivity index (χ2v) is 10.8. The van der Waals surface area contributed by atoms with Crippen molar-refractivity contribution in [3.63, 3.8) is 0 Å². The minimum atomic E-state index is -0.546. The van der Waals surface area contributed by atoms with Crippen LogP contribution in [0.15, 0.2) is 78.9 Å². The van der Waals surface area contributed by atoms with Gasteiger partial charge in [-0.2, -0.15) is 0 Å². The standard InChI is InChI=1S/C34H44N2O6/c1-36(22-8-12-27-14-18-31(39-2)19-15-27,23-9-13-28-16-20-32(40-3)21-17-28)25-30(24-33(37)41-4)35-34(38)42-26-29-10-6-5-7-11-29/h5-7,10-11,14-21,30H,8-9,12-13,22-26H2,1-4H3/p+1. The Morgan fingerprint density at radius 2 is 1.26 bits per heavy atom. The number of likely N-dealkylation sites (N-methyl/N-ethyl adjacent to an activating group) is 1. The van der Waals surface area contributed by atoms with E-state index in [0.717, 1.165) is 55.8 Å². The molecule has 3 rings (SSSR count). The van der Waals surface area contributed by atoms with E-state index in [1.165, 1.54) is 18.2 Å². The lowest BCUT2D eigenvalue weighted by Crippen LogP contribution is -2.55. The van der Waals surface area contributed by atoms with Gasteiger partial charge in [-0.1, -0.05) is 54.6 Å². The number of methoxy groups -OCH3 is 3. The van der Waals surface area contributed by atoms with Gasteiger partial charge in [0, 0.05) is 12.8 Å². The average Bonchev–Trinajstić information content (AvgIpc) is 3.01. The number of carbonyl (C=O) groups is 2. The number of benzene rings is 3. The fourth-order valence-electron chi connectivity index (χ4n) is 5.12. The number of nitrogens with zero attached hydrogens (tertiary/aromatic N) is 1. The maximum absolute atomic E-state index is 12.8. The molecule has 1 atom stereocenters. The topological polar surface area (TPSA) is 83.1 Å². The lowest BCUT2D eigenvalue weighted by molar-refractivity contribution is -0.911. The van der Waals surface area contributed by atoms with Crippen LogP contribution >= 0.6 is 0 Å². The smallest absolute Gasteiger partial charge is 0.407 e. The highest BCUT2D eigenvalue weighted by Gasteiger charge is 2.29. The van der Waals surface area contributed by atoms with Gasteiger partial charge in [0.1, 0.15) is 18.1 Å². The number of alkyl carbamates (subject to hydrolysis) is 1. The summed E-state index contributed by atoms with van der Waals surface area (Å²) in [6.07, 6.45) is 3.27. The lowest BCUT2D eigenvalue weighted by atomic mass is 10.1. The van der Waals surface area contributed by atoms with Gasteiger partial charge < -0.3 is 28.7 Å². The second kappa shape index (κ2) is 17.0.